The van der Waals surface area contributed by atoms with Crippen molar-refractivity contribution in [3.8, 4) is 17.2 Å². The summed E-state index contributed by atoms with van der Waals surface area (Å²) in [6.07, 6.45) is 0.115. The van der Waals surface area contributed by atoms with Crippen LogP contribution >= 0.6 is 11.6 Å². The Balaban J connectivity index is 1.61. The number of hydrogen-bond donors (Lipinski definition) is 1. The summed E-state index contributed by atoms with van der Waals surface area (Å²) in [6.45, 7) is 1.68. The minimum atomic E-state index is -2.06. The fourth-order valence-corrected chi connectivity index (χ4v) is 6.58. The maximum atomic E-state index is 14.8. The number of halogens is 1. The Morgan fingerprint density at radius 3 is 2.30 bits per heavy atom. The van der Waals surface area contributed by atoms with Gasteiger partial charge in [-0.05, 0) is 12.0 Å². The van der Waals surface area contributed by atoms with E-state index in [2.05, 4.69) is 5.32 Å². The zero-order valence-electron chi connectivity index (χ0n) is 23.6. The Bertz CT molecular complexity index is 1940. The lowest BCUT2D eigenvalue weighted by atomic mass is 9.66. The molecule has 0 fully saturated rings. The standard InChI is InChI=1S/C29H25ClN4O9/c1-12-10-15-19(24(35)29(12)25(36)20-16(41-4)11-17(42-5)22(30)23(20)43-29)18(13-6-8-14(9-7-13)34(39)40)21-26(31-15)32(2)28(38)33(3)27(21)37/h6-9,11-12,18,31H,10H2,1-5H3/t12-,18?,29+/m1/s1. The van der Waals surface area contributed by atoms with E-state index in [1.807, 2.05) is 0 Å². The number of benzene rings is 2. The van der Waals surface area contributed by atoms with Crippen molar-refractivity contribution in [2.45, 2.75) is 24.9 Å². The van der Waals surface area contributed by atoms with Gasteiger partial charge in [-0.25, -0.2) is 4.79 Å². The molecule has 43 heavy (non-hydrogen) atoms. The van der Waals surface area contributed by atoms with Gasteiger partial charge >= 0.3 is 5.69 Å². The SMILES string of the molecule is COc1cc(OC)c2c(c1Cl)O[C@@]1(C(=O)C3=C(C[C@H]1C)Nc1c(c(=O)n(C)c(=O)n1C)C3c1ccc([N+](=O)[O-])cc1)C2=O. The quantitative estimate of drug-likeness (QED) is 0.265. The van der Waals surface area contributed by atoms with Crippen LogP contribution in [0.5, 0.6) is 17.2 Å². The predicted octanol–water partition coefficient (Wildman–Crippen LogP) is 3.10. The number of ether oxygens (including phenoxy) is 3. The van der Waals surface area contributed by atoms with Gasteiger partial charge in [0.25, 0.3) is 11.2 Å². The molecule has 3 heterocycles. The Labute approximate surface area is 248 Å². The second-order valence-electron chi connectivity index (χ2n) is 10.7. The average Bonchev–Trinajstić information content (AvgIpc) is 3.31. The molecule has 3 atom stereocenters. The summed E-state index contributed by atoms with van der Waals surface area (Å²) in [5.74, 6) is -2.78. The molecule has 2 aliphatic heterocycles. The van der Waals surface area contributed by atoms with Crippen LogP contribution in [-0.4, -0.2) is 45.4 Å². The molecule has 3 aromatic rings. The molecule has 1 unspecified atom stereocenters. The monoisotopic (exact) mass is 608 g/mol. The molecule has 0 saturated heterocycles. The first-order chi connectivity index (χ1) is 20.4. The van der Waals surface area contributed by atoms with Crippen LogP contribution in [0.15, 0.2) is 51.2 Å². The number of methoxy groups -OCH3 is 2. The van der Waals surface area contributed by atoms with Gasteiger partial charge in [-0.15, -0.1) is 0 Å². The zero-order chi connectivity index (χ0) is 31.1. The molecule has 0 radical (unpaired) electrons. The molecule has 13 nitrogen and oxygen atoms in total. The molecule has 2 aromatic carbocycles. The summed E-state index contributed by atoms with van der Waals surface area (Å²) in [5, 5.41) is 14.5. The van der Waals surface area contributed by atoms with Crippen LogP contribution in [0, 0.1) is 16.0 Å². The van der Waals surface area contributed by atoms with Crippen molar-refractivity contribution in [2.75, 3.05) is 19.5 Å². The number of nitrogens with zero attached hydrogens (tertiary/aromatic N) is 3. The first kappa shape index (κ1) is 28.2. The summed E-state index contributed by atoms with van der Waals surface area (Å²) in [4.78, 5) is 66.4. The van der Waals surface area contributed by atoms with Gasteiger partial charge in [0, 0.05) is 55.4 Å². The number of Topliss-reactive ketones (excluding diaryl/α,β-unsaturated/α-hetero) is 2. The smallest absolute Gasteiger partial charge is 0.332 e. The number of anilines is 1. The van der Waals surface area contributed by atoms with Crippen LogP contribution in [0.3, 0.4) is 0 Å². The third-order valence-electron chi connectivity index (χ3n) is 8.51. The van der Waals surface area contributed by atoms with Gasteiger partial charge in [0.05, 0.1) is 24.7 Å². The number of rotatable bonds is 4. The van der Waals surface area contributed by atoms with Crippen molar-refractivity contribution >= 4 is 34.7 Å². The molecule has 0 saturated carbocycles. The van der Waals surface area contributed by atoms with Crippen LogP contribution in [-0.2, 0) is 18.9 Å². The average molecular weight is 609 g/mol. The number of non-ortho nitro benzene ring substituents is 1. The highest BCUT2D eigenvalue weighted by Gasteiger charge is 2.63. The number of nitrogens with one attached hydrogen (secondary N) is 1. The lowest BCUT2D eigenvalue weighted by Gasteiger charge is -2.42. The van der Waals surface area contributed by atoms with E-state index in [1.165, 1.54) is 63.2 Å². The maximum absolute atomic E-state index is 14.8. The third-order valence-corrected chi connectivity index (χ3v) is 8.87. The second kappa shape index (κ2) is 9.56. The van der Waals surface area contributed by atoms with Crippen molar-refractivity contribution in [3.05, 3.63) is 94.3 Å². The summed E-state index contributed by atoms with van der Waals surface area (Å²) in [5.41, 5.74) is -2.62. The van der Waals surface area contributed by atoms with Gasteiger partial charge in [-0.2, -0.15) is 0 Å². The molecule has 0 amide bonds. The van der Waals surface area contributed by atoms with Crippen LogP contribution in [0.2, 0.25) is 5.02 Å². The minimum Gasteiger partial charge on any atom is -0.496 e. The van der Waals surface area contributed by atoms with E-state index < -0.39 is 45.2 Å². The lowest BCUT2D eigenvalue weighted by molar-refractivity contribution is -0.384. The molecular weight excluding hydrogens is 584 g/mol. The maximum Gasteiger partial charge on any atom is 0.332 e. The summed E-state index contributed by atoms with van der Waals surface area (Å²) in [7, 11) is 5.55. The summed E-state index contributed by atoms with van der Waals surface area (Å²) < 4.78 is 19.2. The zero-order valence-corrected chi connectivity index (χ0v) is 24.4. The molecule has 3 aliphatic rings. The van der Waals surface area contributed by atoms with E-state index in [4.69, 9.17) is 25.8 Å². The first-order valence-electron chi connectivity index (χ1n) is 13.2. The molecular formula is C29H25ClN4O9. The predicted molar refractivity (Wildman–Crippen MR) is 154 cm³/mol. The highest BCUT2D eigenvalue weighted by atomic mass is 35.5. The minimum absolute atomic E-state index is 0.00749. The molecule has 1 spiro atoms. The van der Waals surface area contributed by atoms with Crippen molar-refractivity contribution in [2.24, 2.45) is 20.0 Å². The summed E-state index contributed by atoms with van der Waals surface area (Å²) >= 11 is 6.56. The third kappa shape index (κ3) is 3.63. The van der Waals surface area contributed by atoms with Gasteiger partial charge in [0.2, 0.25) is 17.2 Å². The van der Waals surface area contributed by atoms with Gasteiger partial charge in [0.1, 0.15) is 27.9 Å². The Hall–Kier alpha value is -4.91. The van der Waals surface area contributed by atoms with Crippen molar-refractivity contribution in [1.82, 2.24) is 9.13 Å². The molecule has 1 aromatic heterocycles. The lowest BCUT2D eigenvalue weighted by Crippen LogP contribution is -2.58. The number of ketones is 2. The van der Waals surface area contributed by atoms with E-state index in [0.717, 1.165) is 4.57 Å². The van der Waals surface area contributed by atoms with E-state index >= 15 is 0 Å². The topological polar surface area (TPSA) is 161 Å². The Kier molecular flexibility index (Phi) is 6.27. The number of hydrogen-bond acceptors (Lipinski definition) is 10. The van der Waals surface area contributed by atoms with E-state index in [1.54, 1.807) is 6.92 Å². The molecule has 1 aliphatic carbocycles. The van der Waals surface area contributed by atoms with E-state index in [9.17, 15) is 29.3 Å². The molecule has 6 rings (SSSR count). The molecule has 222 valence electrons. The van der Waals surface area contributed by atoms with Gasteiger partial charge < -0.3 is 19.5 Å². The fourth-order valence-electron chi connectivity index (χ4n) is 6.31. The van der Waals surface area contributed by atoms with Crippen LogP contribution < -0.4 is 30.8 Å². The number of nitro benzene ring substituents is 1. The molecule has 1 N–H and O–H groups in total. The van der Waals surface area contributed by atoms with Crippen molar-refractivity contribution < 1.29 is 28.7 Å². The Morgan fingerprint density at radius 2 is 1.70 bits per heavy atom. The number of carbonyl (C=O) groups is 2. The highest BCUT2D eigenvalue weighted by Crippen LogP contribution is 2.56. The van der Waals surface area contributed by atoms with Crippen molar-refractivity contribution in [3.63, 3.8) is 0 Å². The van der Waals surface area contributed by atoms with Crippen molar-refractivity contribution in [1.29, 1.82) is 0 Å². The normalized spacial score (nSPS) is 22.0. The number of nitro groups is 1. The van der Waals surface area contributed by atoms with Crippen LogP contribution in [0.25, 0.3) is 0 Å². The van der Waals surface area contributed by atoms with E-state index in [-0.39, 0.29) is 56.9 Å². The van der Waals surface area contributed by atoms with Gasteiger partial charge in [-0.3, -0.25) is 33.6 Å². The number of allylic oxidation sites excluding steroid dienone is 1. The highest BCUT2D eigenvalue weighted by molar-refractivity contribution is 6.36. The molecule has 14 heteroatoms. The van der Waals surface area contributed by atoms with Crippen LogP contribution in [0.1, 0.15) is 40.7 Å². The Morgan fingerprint density at radius 1 is 1.05 bits per heavy atom. The number of aromatic nitrogens is 2. The largest absolute Gasteiger partial charge is 0.496 e. The first-order valence-corrected chi connectivity index (χ1v) is 13.5. The summed E-state index contributed by atoms with van der Waals surface area (Å²) in [6, 6.07) is 6.86. The fraction of sp³-hybridized carbons (Fsp3) is 0.310. The van der Waals surface area contributed by atoms with Gasteiger partial charge in [0.15, 0.2) is 5.75 Å². The molecule has 0 bridgehead atoms. The number of fused-ring (bicyclic) bond motifs is 2. The van der Waals surface area contributed by atoms with E-state index in [0.29, 0.717) is 11.3 Å². The van der Waals surface area contributed by atoms with Gasteiger partial charge in [-0.1, -0.05) is 30.7 Å². The number of carbonyl (C=O) groups excluding carboxylic acids is 2. The van der Waals surface area contributed by atoms with Crippen LogP contribution in [0.4, 0.5) is 11.5 Å². The second-order valence-corrected chi connectivity index (χ2v) is 11.0.